The first-order chi connectivity index (χ1) is 13.5. The largest absolute Gasteiger partial charge is 0.468 e. The van der Waals surface area contributed by atoms with E-state index in [4.69, 9.17) is 4.42 Å². The zero-order valence-electron chi connectivity index (χ0n) is 15.2. The van der Waals surface area contributed by atoms with Crippen LogP contribution < -0.4 is 16.3 Å². The smallest absolute Gasteiger partial charge is 0.360 e. The van der Waals surface area contributed by atoms with E-state index in [-0.39, 0.29) is 23.6 Å². The van der Waals surface area contributed by atoms with E-state index >= 15 is 0 Å². The van der Waals surface area contributed by atoms with Crippen molar-refractivity contribution in [2.75, 3.05) is 26.1 Å². The van der Waals surface area contributed by atoms with Crippen molar-refractivity contribution in [3.63, 3.8) is 0 Å². The van der Waals surface area contributed by atoms with E-state index in [2.05, 4.69) is 20.1 Å². The van der Waals surface area contributed by atoms with Gasteiger partial charge >= 0.3 is 17.6 Å². The lowest BCUT2D eigenvalue weighted by Crippen LogP contribution is -2.20. The van der Waals surface area contributed by atoms with Crippen molar-refractivity contribution in [3.05, 3.63) is 69.9 Å². The highest BCUT2D eigenvalue weighted by Crippen LogP contribution is 2.15. The lowest BCUT2D eigenvalue weighted by Gasteiger charge is -2.08. The maximum absolute atomic E-state index is 12.2. The first-order valence-corrected chi connectivity index (χ1v) is 8.06. The van der Waals surface area contributed by atoms with Gasteiger partial charge in [-0.1, -0.05) is 18.2 Å². The monoisotopic (exact) mass is 386 g/mol. The summed E-state index contributed by atoms with van der Waals surface area (Å²) in [5.74, 6) is -1.91. The predicted molar refractivity (Wildman–Crippen MR) is 99.8 cm³/mol. The standard InChI is InChI=1S/C19H18N2O7/c1-26-16(22)11-20-9-8-15-13(18(24)27-2)10-14(19(25)28-15)21-17(23)12-6-4-3-5-7-12/h3-10,20H,11H2,1-2H3,(H,21,23). The van der Waals surface area contributed by atoms with Gasteiger partial charge < -0.3 is 24.5 Å². The summed E-state index contributed by atoms with van der Waals surface area (Å²) in [7, 11) is 2.41. The van der Waals surface area contributed by atoms with E-state index < -0.39 is 23.5 Å². The lowest BCUT2D eigenvalue weighted by atomic mass is 10.2. The first kappa shape index (κ1) is 20.4. The molecule has 28 heavy (non-hydrogen) atoms. The molecular formula is C19H18N2O7. The molecule has 0 unspecified atom stereocenters. The van der Waals surface area contributed by atoms with Crippen molar-refractivity contribution in [2.45, 2.75) is 0 Å². The molecule has 2 aromatic rings. The third-order valence-electron chi connectivity index (χ3n) is 3.49. The van der Waals surface area contributed by atoms with E-state index in [1.54, 1.807) is 30.3 Å². The molecule has 0 saturated carbocycles. The summed E-state index contributed by atoms with van der Waals surface area (Å²) in [5, 5.41) is 5.03. The van der Waals surface area contributed by atoms with Crippen LogP contribution in [-0.2, 0) is 14.3 Å². The van der Waals surface area contributed by atoms with Crippen molar-refractivity contribution in [1.29, 1.82) is 0 Å². The highest BCUT2D eigenvalue weighted by atomic mass is 16.5. The summed E-state index contributed by atoms with van der Waals surface area (Å²) >= 11 is 0. The minimum atomic E-state index is -0.857. The fourth-order valence-electron chi connectivity index (χ4n) is 2.10. The van der Waals surface area contributed by atoms with Gasteiger partial charge in [-0.15, -0.1) is 0 Å². The Labute approximate surface area is 159 Å². The van der Waals surface area contributed by atoms with Crippen LogP contribution in [0.25, 0.3) is 6.08 Å². The first-order valence-electron chi connectivity index (χ1n) is 8.06. The third-order valence-corrected chi connectivity index (χ3v) is 3.49. The van der Waals surface area contributed by atoms with Gasteiger partial charge in [0.1, 0.15) is 23.6 Å². The SMILES string of the molecule is COC(=O)CNC=Cc1oc(=O)c(NC(=O)c2ccccc2)cc1C(=O)OC. The summed E-state index contributed by atoms with van der Waals surface area (Å²) in [4.78, 5) is 47.5. The molecule has 0 bridgehead atoms. The minimum Gasteiger partial charge on any atom is -0.468 e. The Kier molecular flexibility index (Phi) is 7.09. The minimum absolute atomic E-state index is 0.0819. The van der Waals surface area contributed by atoms with Crippen molar-refractivity contribution < 1.29 is 28.3 Å². The lowest BCUT2D eigenvalue weighted by molar-refractivity contribution is -0.139. The van der Waals surface area contributed by atoms with Crippen LogP contribution in [0.2, 0.25) is 0 Å². The van der Waals surface area contributed by atoms with Crippen LogP contribution in [0.3, 0.4) is 0 Å². The Bertz CT molecular complexity index is 948. The van der Waals surface area contributed by atoms with Gasteiger partial charge in [0.15, 0.2) is 0 Å². The Morgan fingerprint density at radius 1 is 1.11 bits per heavy atom. The second-order valence-corrected chi connectivity index (χ2v) is 5.33. The van der Waals surface area contributed by atoms with Crippen LogP contribution in [0.5, 0.6) is 0 Å². The molecule has 0 spiro atoms. The van der Waals surface area contributed by atoms with Crippen molar-refractivity contribution in [1.82, 2.24) is 5.32 Å². The number of hydrogen-bond donors (Lipinski definition) is 2. The molecule has 9 nitrogen and oxygen atoms in total. The van der Waals surface area contributed by atoms with Crippen LogP contribution in [0.1, 0.15) is 26.5 Å². The molecule has 9 heteroatoms. The van der Waals surface area contributed by atoms with E-state index in [1.807, 2.05) is 0 Å². The molecule has 0 fully saturated rings. The molecule has 0 atom stereocenters. The van der Waals surface area contributed by atoms with Crippen LogP contribution in [-0.4, -0.2) is 38.6 Å². The van der Waals surface area contributed by atoms with Crippen molar-refractivity contribution in [2.24, 2.45) is 0 Å². The molecule has 1 aromatic heterocycles. The normalized spacial score (nSPS) is 10.4. The summed E-state index contributed by atoms with van der Waals surface area (Å²) in [6, 6.07) is 9.40. The number of anilines is 1. The number of methoxy groups -OCH3 is 2. The maximum Gasteiger partial charge on any atom is 0.360 e. The molecule has 146 valence electrons. The van der Waals surface area contributed by atoms with E-state index in [9.17, 15) is 19.2 Å². The zero-order chi connectivity index (χ0) is 20.5. The van der Waals surface area contributed by atoms with E-state index in [0.29, 0.717) is 5.56 Å². The topological polar surface area (TPSA) is 124 Å². The molecule has 2 rings (SSSR count). The van der Waals surface area contributed by atoms with E-state index in [1.165, 1.54) is 32.6 Å². The van der Waals surface area contributed by atoms with Gasteiger partial charge in [-0.2, -0.15) is 0 Å². The van der Waals surface area contributed by atoms with Gasteiger partial charge in [-0.05, 0) is 24.3 Å². The number of amides is 1. The summed E-state index contributed by atoms with van der Waals surface area (Å²) in [6.45, 7) is -0.115. The number of nitrogens with one attached hydrogen (secondary N) is 2. The number of carbonyl (C=O) groups excluding carboxylic acids is 3. The molecule has 0 aliphatic rings. The molecule has 0 aliphatic carbocycles. The Hall–Kier alpha value is -3.88. The highest BCUT2D eigenvalue weighted by molar-refractivity contribution is 6.04. The Morgan fingerprint density at radius 3 is 2.46 bits per heavy atom. The third kappa shape index (κ3) is 5.31. The molecule has 1 heterocycles. The van der Waals surface area contributed by atoms with Gasteiger partial charge in [-0.25, -0.2) is 9.59 Å². The molecule has 2 N–H and O–H groups in total. The summed E-state index contributed by atoms with van der Waals surface area (Å²) in [5.41, 5.74) is -0.822. The number of esters is 2. The summed E-state index contributed by atoms with van der Waals surface area (Å²) in [6.07, 6.45) is 2.59. The molecule has 0 radical (unpaired) electrons. The van der Waals surface area contributed by atoms with Gasteiger partial charge in [0.05, 0.1) is 14.2 Å². The fraction of sp³-hybridized carbons (Fsp3) is 0.158. The summed E-state index contributed by atoms with van der Waals surface area (Å²) < 4.78 is 14.3. The maximum atomic E-state index is 12.2. The number of carbonyl (C=O) groups is 3. The zero-order valence-corrected chi connectivity index (χ0v) is 15.2. The van der Waals surface area contributed by atoms with Gasteiger partial charge in [-0.3, -0.25) is 9.59 Å². The Morgan fingerprint density at radius 2 is 1.82 bits per heavy atom. The quantitative estimate of drug-likeness (QED) is 0.685. The van der Waals surface area contributed by atoms with Crippen LogP contribution in [0, 0.1) is 0 Å². The second-order valence-electron chi connectivity index (χ2n) is 5.33. The molecule has 1 amide bonds. The fourth-order valence-corrected chi connectivity index (χ4v) is 2.10. The van der Waals surface area contributed by atoms with Crippen LogP contribution >= 0.6 is 0 Å². The highest BCUT2D eigenvalue weighted by Gasteiger charge is 2.18. The van der Waals surface area contributed by atoms with Gasteiger partial charge in [0.25, 0.3) is 5.91 Å². The number of hydrogen-bond acceptors (Lipinski definition) is 8. The molecular weight excluding hydrogens is 368 g/mol. The second kappa shape index (κ2) is 9.72. The average Bonchev–Trinajstić information content (AvgIpc) is 2.72. The number of ether oxygens (including phenoxy) is 2. The van der Waals surface area contributed by atoms with Crippen LogP contribution in [0.15, 0.2) is 51.8 Å². The van der Waals surface area contributed by atoms with Crippen LogP contribution in [0.4, 0.5) is 5.69 Å². The predicted octanol–water partition coefficient (Wildman–Crippen LogP) is 1.41. The molecule has 1 aromatic carbocycles. The molecule has 0 aliphatic heterocycles. The Balaban J connectivity index is 2.28. The van der Waals surface area contributed by atoms with Gasteiger partial charge in [0, 0.05) is 11.8 Å². The van der Waals surface area contributed by atoms with E-state index in [0.717, 1.165) is 0 Å². The van der Waals surface area contributed by atoms with Gasteiger partial charge in [0.2, 0.25) is 0 Å². The van der Waals surface area contributed by atoms with Crippen molar-refractivity contribution >= 4 is 29.6 Å². The average molecular weight is 386 g/mol. The van der Waals surface area contributed by atoms with Crippen molar-refractivity contribution in [3.8, 4) is 0 Å². The number of benzene rings is 1. The molecule has 0 saturated heterocycles. The number of rotatable bonds is 7.